The number of H-pyrrole nitrogens is 2. The van der Waals surface area contributed by atoms with Crippen LogP contribution >= 0.6 is 0 Å². The summed E-state index contributed by atoms with van der Waals surface area (Å²) in [6.45, 7) is 0.686. The van der Waals surface area contributed by atoms with Crippen molar-refractivity contribution in [1.29, 1.82) is 5.41 Å². The molecular formula is C25H24N8. The van der Waals surface area contributed by atoms with Crippen LogP contribution in [0, 0.1) is 5.41 Å². The van der Waals surface area contributed by atoms with Crippen molar-refractivity contribution in [2.75, 3.05) is 18.9 Å². The van der Waals surface area contributed by atoms with Crippen molar-refractivity contribution >= 4 is 40.0 Å². The Morgan fingerprint density at radius 2 is 1.91 bits per heavy atom. The van der Waals surface area contributed by atoms with Gasteiger partial charge in [-0.15, -0.1) is 0 Å². The summed E-state index contributed by atoms with van der Waals surface area (Å²) in [7, 11) is 1.82. The second-order valence-electron chi connectivity index (χ2n) is 7.72. The van der Waals surface area contributed by atoms with Gasteiger partial charge in [-0.1, -0.05) is 24.3 Å². The zero-order valence-electron chi connectivity index (χ0n) is 18.2. The standard InChI is InChI=1S/C25H24N8/c1-27-13-19(12-26)23-10-17-2-3-18(11-22(17)32-23)25-28-9-8-24(33-25)31-21-6-4-16(5-7-21)20-14-29-30-15-20/h2-7,10-15,26-27,32H,8-9H2,1H3,(H,29,30)(H,28,31,33)/b19-13+,26-12?. The first-order valence-electron chi connectivity index (χ1n) is 10.7. The number of allylic oxidation sites excluding steroid dienone is 1. The van der Waals surface area contributed by atoms with Crippen molar-refractivity contribution < 1.29 is 0 Å². The Labute approximate surface area is 191 Å². The summed E-state index contributed by atoms with van der Waals surface area (Å²) < 4.78 is 0. The monoisotopic (exact) mass is 436 g/mol. The number of hydrogen-bond acceptors (Lipinski definition) is 6. The SMILES string of the molecule is CN/C=C(\C=N)c1cc2ccc(C3=NCCC(Nc4ccc(-c5cn[nH]c5)cc4)=N3)cc2[nH]1. The summed E-state index contributed by atoms with van der Waals surface area (Å²) in [5.41, 5.74) is 6.77. The molecule has 33 heavy (non-hydrogen) atoms. The average Bonchev–Trinajstić information content (AvgIpc) is 3.53. The normalized spacial score (nSPS) is 14.0. The van der Waals surface area contributed by atoms with Gasteiger partial charge in [-0.3, -0.25) is 10.1 Å². The first-order valence-corrected chi connectivity index (χ1v) is 10.7. The molecule has 0 saturated carbocycles. The van der Waals surface area contributed by atoms with E-state index in [2.05, 4.69) is 55.1 Å². The van der Waals surface area contributed by atoms with Crippen LogP contribution in [0.4, 0.5) is 5.69 Å². The molecule has 8 nitrogen and oxygen atoms in total. The zero-order chi connectivity index (χ0) is 22.6. The maximum absolute atomic E-state index is 7.64. The third kappa shape index (κ3) is 4.31. The van der Waals surface area contributed by atoms with Gasteiger partial charge in [0, 0.05) is 77.6 Å². The number of nitrogens with zero attached hydrogens (tertiary/aromatic N) is 3. The van der Waals surface area contributed by atoms with Crippen LogP contribution in [0.2, 0.25) is 0 Å². The fourth-order valence-electron chi connectivity index (χ4n) is 3.83. The third-order valence-electron chi connectivity index (χ3n) is 5.50. The minimum Gasteiger partial charge on any atom is -0.393 e. The summed E-state index contributed by atoms with van der Waals surface area (Å²) in [5, 5.41) is 22.0. The first-order chi connectivity index (χ1) is 16.2. The highest BCUT2D eigenvalue weighted by Crippen LogP contribution is 2.23. The molecule has 5 N–H and O–H groups in total. The van der Waals surface area contributed by atoms with Crippen LogP contribution in [0.1, 0.15) is 17.7 Å². The molecule has 0 unspecified atom stereocenters. The fraction of sp³-hybridized carbons (Fsp3) is 0.120. The predicted molar refractivity (Wildman–Crippen MR) is 135 cm³/mol. The summed E-state index contributed by atoms with van der Waals surface area (Å²) in [6.07, 6.45) is 7.58. The topological polar surface area (TPSA) is 117 Å². The van der Waals surface area contributed by atoms with E-state index in [1.54, 1.807) is 6.20 Å². The van der Waals surface area contributed by atoms with E-state index in [-0.39, 0.29) is 0 Å². The first kappa shape index (κ1) is 20.4. The van der Waals surface area contributed by atoms with E-state index in [0.717, 1.165) is 62.6 Å². The summed E-state index contributed by atoms with van der Waals surface area (Å²) in [6, 6.07) is 16.4. The molecule has 4 aromatic rings. The van der Waals surface area contributed by atoms with Crippen molar-refractivity contribution in [3.63, 3.8) is 0 Å². The molecule has 0 aliphatic carbocycles. The van der Waals surface area contributed by atoms with Crippen LogP contribution < -0.4 is 10.6 Å². The Morgan fingerprint density at radius 3 is 2.67 bits per heavy atom. The number of hydrogen-bond donors (Lipinski definition) is 5. The molecule has 164 valence electrons. The van der Waals surface area contributed by atoms with E-state index in [4.69, 9.17) is 10.4 Å². The van der Waals surface area contributed by atoms with Crippen LogP contribution in [-0.4, -0.2) is 46.7 Å². The van der Waals surface area contributed by atoms with E-state index >= 15 is 0 Å². The van der Waals surface area contributed by atoms with Crippen molar-refractivity contribution in [3.8, 4) is 11.1 Å². The van der Waals surface area contributed by atoms with Gasteiger partial charge in [-0.25, -0.2) is 4.99 Å². The number of aromatic nitrogens is 3. The van der Waals surface area contributed by atoms with Gasteiger partial charge < -0.3 is 21.0 Å². The number of amidine groups is 2. The Kier molecular flexibility index (Phi) is 5.55. The number of benzene rings is 2. The molecule has 5 rings (SSSR count). The average molecular weight is 437 g/mol. The molecule has 2 aromatic carbocycles. The number of rotatable bonds is 6. The van der Waals surface area contributed by atoms with E-state index in [1.807, 2.05) is 43.7 Å². The minimum absolute atomic E-state index is 0.686. The van der Waals surface area contributed by atoms with Crippen molar-refractivity contribution in [3.05, 3.63) is 78.4 Å². The Morgan fingerprint density at radius 1 is 1.06 bits per heavy atom. The number of aliphatic imine (C=N–C) groups is 2. The Hall–Kier alpha value is -4.46. The number of fused-ring (bicyclic) bond motifs is 1. The highest BCUT2D eigenvalue weighted by Gasteiger charge is 2.13. The lowest BCUT2D eigenvalue weighted by molar-refractivity contribution is 1.01. The molecule has 0 saturated heterocycles. The number of aromatic amines is 2. The second kappa shape index (κ2) is 8.96. The van der Waals surface area contributed by atoms with Gasteiger partial charge >= 0.3 is 0 Å². The molecule has 0 radical (unpaired) electrons. The van der Waals surface area contributed by atoms with Crippen LogP contribution in [0.25, 0.3) is 27.6 Å². The van der Waals surface area contributed by atoms with Crippen LogP contribution in [-0.2, 0) is 0 Å². The quantitative estimate of drug-likeness (QED) is 0.288. The van der Waals surface area contributed by atoms with Gasteiger partial charge in [0.1, 0.15) is 5.84 Å². The van der Waals surface area contributed by atoms with Gasteiger partial charge in [0.15, 0.2) is 5.84 Å². The van der Waals surface area contributed by atoms with Crippen molar-refractivity contribution in [2.24, 2.45) is 9.98 Å². The third-order valence-corrected chi connectivity index (χ3v) is 5.50. The molecule has 3 heterocycles. The summed E-state index contributed by atoms with van der Waals surface area (Å²) >= 11 is 0. The van der Waals surface area contributed by atoms with Gasteiger partial charge in [-0.05, 0) is 29.8 Å². The van der Waals surface area contributed by atoms with E-state index in [1.165, 1.54) is 6.21 Å². The number of anilines is 1. The molecule has 0 fully saturated rings. The van der Waals surface area contributed by atoms with Gasteiger partial charge in [-0.2, -0.15) is 5.10 Å². The fourth-order valence-corrected chi connectivity index (χ4v) is 3.83. The number of nitrogens with one attached hydrogen (secondary N) is 5. The molecule has 1 aliphatic rings. The van der Waals surface area contributed by atoms with Crippen LogP contribution in [0.5, 0.6) is 0 Å². The molecule has 2 aromatic heterocycles. The smallest absolute Gasteiger partial charge is 0.156 e. The Bertz CT molecular complexity index is 1370. The summed E-state index contributed by atoms with van der Waals surface area (Å²) in [4.78, 5) is 12.8. The molecular weight excluding hydrogens is 412 g/mol. The highest BCUT2D eigenvalue weighted by molar-refractivity contribution is 6.13. The predicted octanol–water partition coefficient (Wildman–Crippen LogP) is 4.43. The van der Waals surface area contributed by atoms with Crippen LogP contribution in [0.15, 0.2) is 77.1 Å². The van der Waals surface area contributed by atoms with Crippen molar-refractivity contribution in [1.82, 2.24) is 20.5 Å². The van der Waals surface area contributed by atoms with Gasteiger partial charge in [0.05, 0.1) is 6.20 Å². The maximum atomic E-state index is 7.64. The second-order valence-corrected chi connectivity index (χ2v) is 7.72. The lowest BCUT2D eigenvalue weighted by Gasteiger charge is -2.15. The van der Waals surface area contributed by atoms with Crippen LogP contribution in [0.3, 0.4) is 0 Å². The summed E-state index contributed by atoms with van der Waals surface area (Å²) in [5.74, 6) is 1.61. The molecule has 0 atom stereocenters. The van der Waals surface area contributed by atoms with E-state index in [0.29, 0.717) is 6.54 Å². The molecule has 0 bridgehead atoms. The Balaban J connectivity index is 1.36. The largest absolute Gasteiger partial charge is 0.393 e. The highest BCUT2D eigenvalue weighted by atomic mass is 15.1. The van der Waals surface area contributed by atoms with Gasteiger partial charge in [0.2, 0.25) is 0 Å². The van der Waals surface area contributed by atoms with Crippen molar-refractivity contribution in [2.45, 2.75) is 6.42 Å². The lowest BCUT2D eigenvalue weighted by atomic mass is 10.1. The lowest BCUT2D eigenvalue weighted by Crippen LogP contribution is -2.20. The van der Waals surface area contributed by atoms with E-state index in [9.17, 15) is 0 Å². The zero-order valence-corrected chi connectivity index (χ0v) is 18.2. The van der Waals surface area contributed by atoms with Gasteiger partial charge in [0.25, 0.3) is 0 Å². The van der Waals surface area contributed by atoms with E-state index < -0.39 is 0 Å². The molecule has 1 aliphatic heterocycles. The molecule has 0 spiro atoms. The minimum atomic E-state index is 0.686. The maximum Gasteiger partial charge on any atom is 0.156 e. The molecule has 8 heteroatoms. The molecule has 0 amide bonds.